The van der Waals surface area contributed by atoms with Gasteiger partial charge in [-0.1, -0.05) is 11.6 Å². The van der Waals surface area contributed by atoms with Gasteiger partial charge in [-0.05, 0) is 38.4 Å². The van der Waals surface area contributed by atoms with Crippen LogP contribution in [0, 0.1) is 0 Å². The second kappa shape index (κ2) is 9.14. The van der Waals surface area contributed by atoms with E-state index >= 15 is 0 Å². The van der Waals surface area contributed by atoms with Crippen molar-refractivity contribution in [2.24, 2.45) is 0 Å². The summed E-state index contributed by atoms with van der Waals surface area (Å²) in [6, 6.07) is 3.73. The molecule has 1 aliphatic heterocycles. The van der Waals surface area contributed by atoms with Gasteiger partial charge in [-0.25, -0.2) is 0 Å². The number of rotatable bonds is 8. The lowest BCUT2D eigenvalue weighted by Crippen LogP contribution is -2.40. The van der Waals surface area contributed by atoms with Crippen LogP contribution in [-0.2, 0) is 11.3 Å². The van der Waals surface area contributed by atoms with E-state index in [9.17, 15) is 4.79 Å². The second-order valence-electron chi connectivity index (χ2n) is 6.10. The Labute approximate surface area is 149 Å². The molecule has 0 saturated carbocycles. The minimum atomic E-state index is 0.274. The maximum atomic E-state index is 11.9. The number of ether oxygens (including phenoxy) is 2. The molecule has 1 heterocycles. The van der Waals surface area contributed by atoms with Crippen molar-refractivity contribution < 1.29 is 14.3 Å². The van der Waals surface area contributed by atoms with E-state index in [1.165, 1.54) is 0 Å². The molecule has 1 saturated heterocycles. The van der Waals surface area contributed by atoms with Crippen molar-refractivity contribution >= 4 is 17.5 Å². The summed E-state index contributed by atoms with van der Waals surface area (Å²) in [4.78, 5) is 16.0. The number of likely N-dealkylation sites (tertiary alicyclic amines) is 1. The van der Waals surface area contributed by atoms with E-state index in [2.05, 4.69) is 4.90 Å². The average molecular weight is 355 g/mol. The number of methoxy groups -OCH3 is 1. The van der Waals surface area contributed by atoms with E-state index in [-0.39, 0.29) is 5.91 Å². The number of carbonyl (C=O) groups excluding carboxylic acids is 1. The Hall–Kier alpha value is -1.46. The predicted molar refractivity (Wildman–Crippen MR) is 95.9 cm³/mol. The summed E-state index contributed by atoms with van der Waals surface area (Å²) in [5.41, 5.74) is 0.990. The van der Waals surface area contributed by atoms with Crippen LogP contribution in [0.1, 0.15) is 31.7 Å². The molecule has 0 spiro atoms. The van der Waals surface area contributed by atoms with Crippen LogP contribution in [0.4, 0.5) is 0 Å². The summed E-state index contributed by atoms with van der Waals surface area (Å²) in [6.07, 6.45) is 2.82. The van der Waals surface area contributed by atoms with Gasteiger partial charge in [-0.15, -0.1) is 0 Å². The number of hydrogen-bond acceptors (Lipinski definition) is 4. The van der Waals surface area contributed by atoms with Crippen LogP contribution in [0.25, 0.3) is 0 Å². The van der Waals surface area contributed by atoms with E-state index in [1.54, 1.807) is 13.2 Å². The van der Waals surface area contributed by atoms with Crippen LogP contribution in [0.5, 0.6) is 11.5 Å². The average Bonchev–Trinajstić information content (AvgIpc) is 2.57. The van der Waals surface area contributed by atoms with Gasteiger partial charge in [0.05, 0.1) is 13.7 Å². The lowest BCUT2D eigenvalue weighted by atomic mass is 10.1. The number of nitrogens with zero attached hydrogens (tertiary/aromatic N) is 2. The van der Waals surface area contributed by atoms with Crippen molar-refractivity contribution in [2.45, 2.75) is 32.7 Å². The van der Waals surface area contributed by atoms with Crippen LogP contribution < -0.4 is 9.47 Å². The van der Waals surface area contributed by atoms with E-state index < -0.39 is 0 Å². The van der Waals surface area contributed by atoms with Crippen LogP contribution in [0.3, 0.4) is 0 Å². The molecule has 0 aromatic heterocycles. The SMILES string of the molecule is CCOc1cc(Cl)c(CN(C)CCN2CCCCC2=O)cc1OC. The monoisotopic (exact) mass is 354 g/mol. The van der Waals surface area contributed by atoms with Gasteiger partial charge in [0.15, 0.2) is 11.5 Å². The Morgan fingerprint density at radius 2 is 2.08 bits per heavy atom. The molecule has 6 heteroatoms. The topological polar surface area (TPSA) is 42.0 Å². The van der Waals surface area contributed by atoms with E-state index in [0.29, 0.717) is 36.1 Å². The van der Waals surface area contributed by atoms with Gasteiger partial charge in [0.2, 0.25) is 5.91 Å². The molecule has 134 valence electrons. The van der Waals surface area contributed by atoms with Crippen LogP contribution in [0.2, 0.25) is 5.02 Å². The molecule has 0 aliphatic carbocycles. The molecule has 0 unspecified atom stereocenters. The molecular weight excluding hydrogens is 328 g/mol. The Balaban J connectivity index is 1.95. The number of carbonyl (C=O) groups is 1. The third kappa shape index (κ3) is 5.02. The highest BCUT2D eigenvalue weighted by Crippen LogP contribution is 2.33. The first kappa shape index (κ1) is 18.9. The standard InChI is InChI=1S/C18H27ClN2O3/c1-4-24-17-12-15(19)14(11-16(17)23-3)13-20(2)9-10-21-8-6-5-7-18(21)22/h11-12H,4-10,13H2,1-3H3. The predicted octanol–water partition coefficient (Wildman–Crippen LogP) is 3.19. The van der Waals surface area contributed by atoms with Gasteiger partial charge in [0.25, 0.3) is 0 Å². The maximum Gasteiger partial charge on any atom is 0.222 e. The van der Waals surface area contributed by atoms with Crippen molar-refractivity contribution in [1.82, 2.24) is 9.80 Å². The molecule has 24 heavy (non-hydrogen) atoms. The van der Waals surface area contributed by atoms with Gasteiger partial charge >= 0.3 is 0 Å². The molecule has 0 atom stereocenters. The number of benzene rings is 1. The van der Waals surface area contributed by atoms with E-state index in [0.717, 1.165) is 38.0 Å². The fraction of sp³-hybridized carbons (Fsp3) is 0.611. The Morgan fingerprint density at radius 1 is 1.29 bits per heavy atom. The van der Waals surface area contributed by atoms with Crippen molar-refractivity contribution in [3.05, 3.63) is 22.7 Å². The van der Waals surface area contributed by atoms with Crippen LogP contribution >= 0.6 is 11.6 Å². The summed E-state index contributed by atoms with van der Waals surface area (Å²) in [7, 11) is 3.66. The Kier molecular flexibility index (Phi) is 7.18. The summed E-state index contributed by atoms with van der Waals surface area (Å²) >= 11 is 6.38. The first-order valence-electron chi connectivity index (χ1n) is 8.50. The third-order valence-corrected chi connectivity index (χ3v) is 4.60. The fourth-order valence-electron chi connectivity index (χ4n) is 2.89. The molecular formula is C18H27ClN2O3. The third-order valence-electron chi connectivity index (χ3n) is 4.25. The molecule has 0 bridgehead atoms. The first-order valence-corrected chi connectivity index (χ1v) is 8.88. The minimum Gasteiger partial charge on any atom is -0.493 e. The zero-order valence-corrected chi connectivity index (χ0v) is 15.6. The van der Waals surface area contributed by atoms with Gasteiger partial charge in [-0.2, -0.15) is 0 Å². The number of piperidine rings is 1. The van der Waals surface area contributed by atoms with Crippen LogP contribution in [-0.4, -0.2) is 56.1 Å². The largest absolute Gasteiger partial charge is 0.493 e. The molecule has 0 N–H and O–H groups in total. The lowest BCUT2D eigenvalue weighted by Gasteiger charge is -2.29. The molecule has 1 aliphatic rings. The summed E-state index contributed by atoms with van der Waals surface area (Å²) in [6.45, 7) is 5.65. The zero-order chi connectivity index (χ0) is 17.5. The van der Waals surface area contributed by atoms with E-state index in [1.807, 2.05) is 24.9 Å². The highest BCUT2D eigenvalue weighted by atomic mass is 35.5. The Morgan fingerprint density at radius 3 is 2.75 bits per heavy atom. The summed E-state index contributed by atoms with van der Waals surface area (Å²) < 4.78 is 10.9. The minimum absolute atomic E-state index is 0.274. The molecule has 2 rings (SSSR count). The highest BCUT2D eigenvalue weighted by Gasteiger charge is 2.18. The van der Waals surface area contributed by atoms with Crippen molar-refractivity contribution in [2.75, 3.05) is 40.4 Å². The number of hydrogen-bond donors (Lipinski definition) is 0. The normalized spacial score (nSPS) is 15.0. The summed E-state index contributed by atoms with van der Waals surface area (Å²) in [5, 5.41) is 0.667. The van der Waals surface area contributed by atoms with Gasteiger partial charge in [0.1, 0.15) is 0 Å². The fourth-order valence-corrected chi connectivity index (χ4v) is 3.10. The van der Waals surface area contributed by atoms with Gasteiger partial charge in [-0.3, -0.25) is 4.79 Å². The smallest absolute Gasteiger partial charge is 0.222 e. The lowest BCUT2D eigenvalue weighted by molar-refractivity contribution is -0.133. The molecule has 5 nitrogen and oxygen atoms in total. The number of amides is 1. The van der Waals surface area contributed by atoms with Crippen molar-refractivity contribution in [1.29, 1.82) is 0 Å². The Bertz CT molecular complexity index is 565. The first-order chi connectivity index (χ1) is 11.5. The van der Waals surface area contributed by atoms with Crippen molar-refractivity contribution in [3.8, 4) is 11.5 Å². The van der Waals surface area contributed by atoms with E-state index in [4.69, 9.17) is 21.1 Å². The molecule has 0 radical (unpaired) electrons. The van der Waals surface area contributed by atoms with Gasteiger partial charge in [0, 0.05) is 43.7 Å². The molecule has 1 fully saturated rings. The number of likely N-dealkylation sites (N-methyl/N-ethyl adjacent to an activating group) is 1. The van der Waals surface area contributed by atoms with Crippen molar-refractivity contribution in [3.63, 3.8) is 0 Å². The summed E-state index contributed by atoms with van der Waals surface area (Å²) in [5.74, 6) is 1.63. The zero-order valence-electron chi connectivity index (χ0n) is 14.8. The molecule has 1 aromatic carbocycles. The maximum absolute atomic E-state index is 11.9. The van der Waals surface area contributed by atoms with Gasteiger partial charge < -0.3 is 19.3 Å². The van der Waals surface area contributed by atoms with Crippen LogP contribution in [0.15, 0.2) is 12.1 Å². The molecule has 1 aromatic rings. The quantitative estimate of drug-likeness (QED) is 0.719. The second-order valence-corrected chi connectivity index (χ2v) is 6.51. The molecule has 1 amide bonds. The highest BCUT2D eigenvalue weighted by molar-refractivity contribution is 6.31. The number of halogens is 1.